The summed E-state index contributed by atoms with van der Waals surface area (Å²) in [5.41, 5.74) is 3.60. The number of methoxy groups -OCH3 is 1. The van der Waals surface area contributed by atoms with Crippen molar-refractivity contribution in [2.45, 2.75) is 31.8 Å². The molecular weight excluding hydrogens is 270 g/mol. The van der Waals surface area contributed by atoms with E-state index in [2.05, 4.69) is 17.3 Å². The first kappa shape index (κ1) is 13.8. The fourth-order valence-corrected chi connectivity index (χ4v) is 2.85. The maximum absolute atomic E-state index is 10.9. The number of fused-ring (bicyclic) bond motifs is 1. The third kappa shape index (κ3) is 2.69. The number of rotatable bonds is 4. The minimum Gasteiger partial charge on any atom is -0.476 e. The van der Waals surface area contributed by atoms with Crippen molar-refractivity contribution < 1.29 is 19.2 Å². The normalized spacial score (nSPS) is 15.5. The number of carboxylic acids is 1. The van der Waals surface area contributed by atoms with Gasteiger partial charge in [-0.05, 0) is 42.4 Å². The SMILES string of the molecule is COC(c1ccc2c(c1)CCCC2)c1cc(C(=O)O)no1. The van der Waals surface area contributed by atoms with Gasteiger partial charge in [0.2, 0.25) is 0 Å². The Bertz CT molecular complexity index is 662. The van der Waals surface area contributed by atoms with E-state index in [1.54, 1.807) is 7.11 Å². The van der Waals surface area contributed by atoms with Crippen LogP contribution in [0.1, 0.15) is 51.9 Å². The summed E-state index contributed by atoms with van der Waals surface area (Å²) in [6, 6.07) is 7.69. The van der Waals surface area contributed by atoms with Crippen LogP contribution in [0.2, 0.25) is 0 Å². The van der Waals surface area contributed by atoms with Gasteiger partial charge in [-0.25, -0.2) is 4.79 Å². The largest absolute Gasteiger partial charge is 0.476 e. The fraction of sp³-hybridized carbons (Fsp3) is 0.375. The van der Waals surface area contributed by atoms with E-state index in [1.807, 2.05) is 6.07 Å². The number of aromatic carboxylic acids is 1. The van der Waals surface area contributed by atoms with Gasteiger partial charge in [-0.3, -0.25) is 0 Å². The molecule has 1 aliphatic rings. The van der Waals surface area contributed by atoms with E-state index < -0.39 is 12.1 Å². The zero-order valence-corrected chi connectivity index (χ0v) is 11.8. The summed E-state index contributed by atoms with van der Waals surface area (Å²) in [6.07, 6.45) is 4.22. The smallest absolute Gasteiger partial charge is 0.358 e. The topological polar surface area (TPSA) is 72.6 Å². The monoisotopic (exact) mass is 287 g/mol. The molecule has 0 aliphatic heterocycles. The van der Waals surface area contributed by atoms with E-state index in [1.165, 1.54) is 30.0 Å². The number of carboxylic acid groups (broad SMARTS) is 1. The van der Waals surface area contributed by atoms with Crippen LogP contribution < -0.4 is 0 Å². The minimum absolute atomic E-state index is 0.106. The van der Waals surface area contributed by atoms with Gasteiger partial charge in [0.15, 0.2) is 11.5 Å². The maximum Gasteiger partial charge on any atom is 0.358 e. The molecule has 21 heavy (non-hydrogen) atoms. The Morgan fingerprint density at radius 3 is 2.71 bits per heavy atom. The molecular formula is C16H17NO4. The second kappa shape index (κ2) is 5.69. The van der Waals surface area contributed by atoms with Gasteiger partial charge in [0, 0.05) is 13.2 Å². The molecule has 0 amide bonds. The van der Waals surface area contributed by atoms with Crippen LogP contribution in [0.3, 0.4) is 0 Å². The molecule has 0 saturated carbocycles. The zero-order chi connectivity index (χ0) is 14.8. The molecule has 0 radical (unpaired) electrons. The second-order valence-electron chi connectivity index (χ2n) is 5.27. The lowest BCUT2D eigenvalue weighted by molar-refractivity contribution is 0.0684. The van der Waals surface area contributed by atoms with E-state index in [9.17, 15) is 4.79 Å². The summed E-state index contributed by atoms with van der Waals surface area (Å²) in [5.74, 6) is -0.698. The molecule has 1 N–H and O–H groups in total. The number of benzene rings is 1. The summed E-state index contributed by atoms with van der Waals surface area (Å²) in [5, 5.41) is 12.5. The van der Waals surface area contributed by atoms with Gasteiger partial charge in [-0.2, -0.15) is 0 Å². The van der Waals surface area contributed by atoms with Crippen molar-refractivity contribution in [2.75, 3.05) is 7.11 Å². The third-order valence-corrected chi connectivity index (χ3v) is 3.92. The molecule has 3 rings (SSSR count). The summed E-state index contributed by atoms with van der Waals surface area (Å²) in [6.45, 7) is 0. The van der Waals surface area contributed by atoms with Crippen LogP contribution in [0.25, 0.3) is 0 Å². The Morgan fingerprint density at radius 2 is 2.05 bits per heavy atom. The van der Waals surface area contributed by atoms with Crippen LogP contribution in [0.4, 0.5) is 0 Å². The molecule has 1 aliphatic carbocycles. The highest BCUT2D eigenvalue weighted by Gasteiger charge is 2.22. The molecule has 5 nitrogen and oxygen atoms in total. The lowest BCUT2D eigenvalue weighted by Crippen LogP contribution is -2.07. The quantitative estimate of drug-likeness (QED) is 0.935. The first-order valence-corrected chi connectivity index (χ1v) is 7.03. The van der Waals surface area contributed by atoms with Crippen molar-refractivity contribution in [3.05, 3.63) is 52.4 Å². The number of nitrogens with zero attached hydrogens (tertiary/aromatic N) is 1. The maximum atomic E-state index is 10.9. The van der Waals surface area contributed by atoms with Crippen molar-refractivity contribution in [3.63, 3.8) is 0 Å². The van der Waals surface area contributed by atoms with Crippen molar-refractivity contribution in [1.82, 2.24) is 5.16 Å². The third-order valence-electron chi connectivity index (χ3n) is 3.92. The van der Waals surface area contributed by atoms with Crippen LogP contribution in [0, 0.1) is 0 Å². The molecule has 0 spiro atoms. The van der Waals surface area contributed by atoms with Crippen LogP contribution in [0.15, 0.2) is 28.8 Å². The van der Waals surface area contributed by atoms with Gasteiger partial charge in [-0.1, -0.05) is 23.4 Å². The van der Waals surface area contributed by atoms with Crippen LogP contribution >= 0.6 is 0 Å². The number of hydrogen-bond donors (Lipinski definition) is 1. The van der Waals surface area contributed by atoms with Crippen molar-refractivity contribution in [2.24, 2.45) is 0 Å². The molecule has 0 bridgehead atoms. The van der Waals surface area contributed by atoms with E-state index >= 15 is 0 Å². The standard InChI is InChI=1S/C16H17NO4/c1-20-15(14-9-13(16(18)19)17-21-14)12-7-6-10-4-2-3-5-11(10)8-12/h6-9,15H,2-5H2,1H3,(H,18,19). The van der Waals surface area contributed by atoms with Crippen molar-refractivity contribution in [1.29, 1.82) is 0 Å². The molecule has 1 aromatic heterocycles. The molecule has 1 aromatic carbocycles. The Kier molecular flexibility index (Phi) is 3.75. The zero-order valence-electron chi connectivity index (χ0n) is 11.8. The molecule has 2 aromatic rings. The lowest BCUT2D eigenvalue weighted by Gasteiger charge is -2.19. The number of aryl methyl sites for hydroxylation is 2. The Morgan fingerprint density at radius 1 is 1.29 bits per heavy atom. The van der Waals surface area contributed by atoms with Crippen LogP contribution in [0.5, 0.6) is 0 Å². The van der Waals surface area contributed by atoms with Crippen molar-refractivity contribution in [3.8, 4) is 0 Å². The molecule has 1 heterocycles. The summed E-state index contributed by atoms with van der Waals surface area (Å²) in [7, 11) is 1.58. The number of hydrogen-bond acceptors (Lipinski definition) is 4. The minimum atomic E-state index is -1.11. The fourth-order valence-electron chi connectivity index (χ4n) is 2.85. The van der Waals surface area contributed by atoms with Gasteiger partial charge in [0.25, 0.3) is 0 Å². The van der Waals surface area contributed by atoms with E-state index in [0.29, 0.717) is 5.76 Å². The number of ether oxygens (including phenoxy) is 1. The second-order valence-corrected chi connectivity index (χ2v) is 5.27. The molecule has 1 unspecified atom stereocenters. The highest BCUT2D eigenvalue weighted by molar-refractivity contribution is 5.85. The molecule has 5 heteroatoms. The Balaban J connectivity index is 1.93. The van der Waals surface area contributed by atoms with Gasteiger partial charge in [0.1, 0.15) is 6.10 Å². The summed E-state index contributed by atoms with van der Waals surface area (Å²) < 4.78 is 10.6. The molecule has 1 atom stereocenters. The van der Waals surface area contributed by atoms with E-state index in [0.717, 1.165) is 18.4 Å². The van der Waals surface area contributed by atoms with E-state index in [4.69, 9.17) is 14.4 Å². The van der Waals surface area contributed by atoms with Crippen LogP contribution in [-0.2, 0) is 17.6 Å². The predicted molar refractivity (Wildman–Crippen MR) is 75.4 cm³/mol. The summed E-state index contributed by atoms with van der Waals surface area (Å²) in [4.78, 5) is 10.9. The van der Waals surface area contributed by atoms with Crippen molar-refractivity contribution >= 4 is 5.97 Å². The lowest BCUT2D eigenvalue weighted by atomic mass is 9.89. The number of aromatic nitrogens is 1. The highest BCUT2D eigenvalue weighted by Crippen LogP contribution is 2.30. The summed E-state index contributed by atoms with van der Waals surface area (Å²) >= 11 is 0. The number of carbonyl (C=O) groups is 1. The average Bonchev–Trinajstić information content (AvgIpc) is 2.98. The highest BCUT2D eigenvalue weighted by atomic mass is 16.5. The van der Waals surface area contributed by atoms with Gasteiger partial charge < -0.3 is 14.4 Å². The average molecular weight is 287 g/mol. The van der Waals surface area contributed by atoms with Gasteiger partial charge in [-0.15, -0.1) is 0 Å². The van der Waals surface area contributed by atoms with Gasteiger partial charge in [0.05, 0.1) is 0 Å². The first-order chi connectivity index (χ1) is 10.2. The molecule has 0 saturated heterocycles. The van der Waals surface area contributed by atoms with Gasteiger partial charge >= 0.3 is 5.97 Å². The Hall–Kier alpha value is -2.14. The van der Waals surface area contributed by atoms with Crippen LogP contribution in [-0.4, -0.2) is 23.3 Å². The Labute approximate surface area is 122 Å². The predicted octanol–water partition coefficient (Wildman–Crippen LogP) is 2.99. The van der Waals surface area contributed by atoms with E-state index in [-0.39, 0.29) is 5.69 Å². The molecule has 0 fully saturated rings. The molecule has 110 valence electrons. The first-order valence-electron chi connectivity index (χ1n) is 7.03.